The van der Waals surface area contributed by atoms with Crippen LogP contribution in [0.3, 0.4) is 0 Å². The van der Waals surface area contributed by atoms with Crippen molar-refractivity contribution in [1.82, 2.24) is 0 Å². The van der Waals surface area contributed by atoms with E-state index in [4.69, 9.17) is 4.42 Å². The average Bonchev–Trinajstić information content (AvgIpc) is 2.54. The van der Waals surface area contributed by atoms with Gasteiger partial charge in [0.25, 0.3) is 0 Å². The van der Waals surface area contributed by atoms with Gasteiger partial charge in [0.05, 0.1) is 0 Å². The molecule has 0 aliphatic carbocycles. The first-order chi connectivity index (χ1) is 10.7. The standard InChI is InChI=1S/C18H13NO3/c20-17(10-6-13-4-2-1-3-5-13)19-15-8-9-16-14(12-15)7-11-18(21)22-16/h1-12H,(H,19,20)/b10-6+. The Hall–Kier alpha value is -3.14. The molecule has 2 aromatic carbocycles. The number of hydrogen-bond acceptors (Lipinski definition) is 3. The van der Waals surface area contributed by atoms with Crippen molar-refractivity contribution in [3.8, 4) is 0 Å². The van der Waals surface area contributed by atoms with Crippen molar-refractivity contribution in [2.45, 2.75) is 0 Å². The van der Waals surface area contributed by atoms with Gasteiger partial charge in [-0.3, -0.25) is 4.79 Å². The van der Waals surface area contributed by atoms with Gasteiger partial charge in [0.1, 0.15) is 5.58 Å². The molecule has 0 saturated heterocycles. The van der Waals surface area contributed by atoms with Crippen LogP contribution in [0, 0.1) is 0 Å². The highest BCUT2D eigenvalue weighted by Gasteiger charge is 2.01. The van der Waals surface area contributed by atoms with Gasteiger partial charge in [-0.25, -0.2) is 4.79 Å². The van der Waals surface area contributed by atoms with E-state index in [0.29, 0.717) is 11.3 Å². The summed E-state index contributed by atoms with van der Waals surface area (Å²) in [6, 6.07) is 17.7. The normalized spacial score (nSPS) is 10.9. The van der Waals surface area contributed by atoms with Crippen molar-refractivity contribution < 1.29 is 9.21 Å². The van der Waals surface area contributed by atoms with Crippen LogP contribution < -0.4 is 10.9 Å². The number of rotatable bonds is 3. The highest BCUT2D eigenvalue weighted by Crippen LogP contribution is 2.17. The minimum absolute atomic E-state index is 0.222. The quantitative estimate of drug-likeness (QED) is 0.594. The molecule has 0 fully saturated rings. The number of hydrogen-bond donors (Lipinski definition) is 1. The highest BCUT2D eigenvalue weighted by atomic mass is 16.4. The van der Waals surface area contributed by atoms with Gasteiger partial charge in [-0.05, 0) is 35.9 Å². The summed E-state index contributed by atoms with van der Waals surface area (Å²) in [5.41, 5.74) is 1.70. The van der Waals surface area contributed by atoms with E-state index in [0.717, 1.165) is 10.9 Å². The molecule has 3 rings (SSSR count). The molecule has 4 heteroatoms. The van der Waals surface area contributed by atoms with Crippen LogP contribution in [0.2, 0.25) is 0 Å². The Morgan fingerprint density at radius 1 is 1.00 bits per heavy atom. The maximum Gasteiger partial charge on any atom is 0.336 e. The lowest BCUT2D eigenvalue weighted by Gasteiger charge is -2.03. The fourth-order valence-corrected chi connectivity index (χ4v) is 2.07. The zero-order valence-corrected chi connectivity index (χ0v) is 11.7. The third-order valence-electron chi connectivity index (χ3n) is 3.11. The molecule has 0 unspecified atom stereocenters. The second-order valence-electron chi connectivity index (χ2n) is 4.74. The molecule has 1 amide bonds. The van der Waals surface area contributed by atoms with Crippen molar-refractivity contribution >= 4 is 28.6 Å². The molecule has 1 heterocycles. The Labute approximate surface area is 126 Å². The maximum atomic E-state index is 11.9. The fourth-order valence-electron chi connectivity index (χ4n) is 2.07. The first-order valence-corrected chi connectivity index (χ1v) is 6.79. The number of anilines is 1. The minimum atomic E-state index is -0.393. The van der Waals surface area contributed by atoms with Crippen LogP contribution in [0.4, 0.5) is 5.69 Å². The van der Waals surface area contributed by atoms with Gasteiger partial charge in [-0.1, -0.05) is 30.3 Å². The van der Waals surface area contributed by atoms with Gasteiger partial charge in [0, 0.05) is 23.2 Å². The van der Waals surface area contributed by atoms with E-state index in [1.165, 1.54) is 12.1 Å². The van der Waals surface area contributed by atoms with Crippen molar-refractivity contribution in [3.63, 3.8) is 0 Å². The molecule has 0 atom stereocenters. The summed E-state index contributed by atoms with van der Waals surface area (Å²) < 4.78 is 5.04. The topological polar surface area (TPSA) is 59.3 Å². The van der Waals surface area contributed by atoms with Crippen LogP contribution in [-0.4, -0.2) is 5.91 Å². The Balaban J connectivity index is 1.75. The first kappa shape index (κ1) is 13.8. The molecule has 0 radical (unpaired) electrons. The monoisotopic (exact) mass is 291 g/mol. The number of nitrogens with one attached hydrogen (secondary N) is 1. The summed E-state index contributed by atoms with van der Waals surface area (Å²) >= 11 is 0. The Kier molecular flexibility index (Phi) is 3.83. The number of carbonyl (C=O) groups is 1. The lowest BCUT2D eigenvalue weighted by molar-refractivity contribution is -0.111. The molecule has 4 nitrogen and oxygen atoms in total. The van der Waals surface area contributed by atoms with E-state index in [1.807, 2.05) is 30.3 Å². The largest absolute Gasteiger partial charge is 0.423 e. The van der Waals surface area contributed by atoms with Gasteiger partial charge in [-0.2, -0.15) is 0 Å². The number of benzene rings is 2. The Morgan fingerprint density at radius 2 is 1.82 bits per heavy atom. The van der Waals surface area contributed by atoms with Gasteiger partial charge < -0.3 is 9.73 Å². The van der Waals surface area contributed by atoms with Crippen LogP contribution in [-0.2, 0) is 4.79 Å². The number of fused-ring (bicyclic) bond motifs is 1. The predicted molar refractivity (Wildman–Crippen MR) is 86.6 cm³/mol. The lowest BCUT2D eigenvalue weighted by Crippen LogP contribution is -2.07. The third kappa shape index (κ3) is 3.30. The van der Waals surface area contributed by atoms with E-state index >= 15 is 0 Å². The second kappa shape index (κ2) is 6.10. The SMILES string of the molecule is O=C(/C=C/c1ccccc1)Nc1ccc2oc(=O)ccc2c1. The zero-order chi connectivity index (χ0) is 15.4. The molecular formula is C18H13NO3. The molecule has 0 bridgehead atoms. The van der Waals surface area contributed by atoms with Crippen molar-refractivity contribution in [1.29, 1.82) is 0 Å². The van der Waals surface area contributed by atoms with Crippen molar-refractivity contribution in [3.05, 3.63) is 82.7 Å². The molecule has 1 aromatic heterocycles. The average molecular weight is 291 g/mol. The van der Waals surface area contributed by atoms with Crippen LogP contribution in [0.15, 0.2) is 76.0 Å². The zero-order valence-electron chi connectivity index (χ0n) is 11.7. The van der Waals surface area contributed by atoms with E-state index in [2.05, 4.69) is 5.32 Å². The summed E-state index contributed by atoms with van der Waals surface area (Å²) in [4.78, 5) is 23.0. The maximum absolute atomic E-state index is 11.9. The third-order valence-corrected chi connectivity index (χ3v) is 3.11. The van der Waals surface area contributed by atoms with E-state index < -0.39 is 5.63 Å². The first-order valence-electron chi connectivity index (χ1n) is 6.79. The lowest BCUT2D eigenvalue weighted by atomic mass is 10.2. The molecule has 0 saturated carbocycles. The summed E-state index contributed by atoms with van der Waals surface area (Å²) in [7, 11) is 0. The van der Waals surface area contributed by atoms with E-state index in [9.17, 15) is 9.59 Å². The van der Waals surface area contributed by atoms with E-state index in [-0.39, 0.29) is 5.91 Å². The fraction of sp³-hybridized carbons (Fsp3) is 0. The molecule has 3 aromatic rings. The Bertz CT molecular complexity index is 895. The Morgan fingerprint density at radius 3 is 2.64 bits per heavy atom. The highest BCUT2D eigenvalue weighted by molar-refractivity contribution is 6.02. The van der Waals surface area contributed by atoms with Crippen LogP contribution >= 0.6 is 0 Å². The van der Waals surface area contributed by atoms with Gasteiger partial charge >= 0.3 is 5.63 Å². The summed E-state index contributed by atoms with van der Waals surface area (Å²) in [5.74, 6) is -0.222. The van der Waals surface area contributed by atoms with Gasteiger partial charge in [0.15, 0.2) is 0 Å². The van der Waals surface area contributed by atoms with E-state index in [1.54, 1.807) is 30.3 Å². The summed E-state index contributed by atoms with van der Waals surface area (Å²) in [6.07, 6.45) is 3.22. The number of amides is 1. The number of carbonyl (C=O) groups excluding carboxylic acids is 1. The minimum Gasteiger partial charge on any atom is -0.423 e. The summed E-state index contributed by atoms with van der Waals surface area (Å²) in [5, 5.41) is 3.53. The molecule has 1 N–H and O–H groups in total. The van der Waals surface area contributed by atoms with Crippen molar-refractivity contribution in [2.75, 3.05) is 5.32 Å². The second-order valence-corrected chi connectivity index (χ2v) is 4.74. The van der Waals surface area contributed by atoms with Crippen LogP contribution in [0.25, 0.3) is 17.0 Å². The molecular weight excluding hydrogens is 278 g/mol. The molecule has 0 aliphatic heterocycles. The van der Waals surface area contributed by atoms with Gasteiger partial charge in [-0.15, -0.1) is 0 Å². The molecule has 0 aliphatic rings. The van der Waals surface area contributed by atoms with Crippen LogP contribution in [0.1, 0.15) is 5.56 Å². The smallest absolute Gasteiger partial charge is 0.336 e. The van der Waals surface area contributed by atoms with Crippen LogP contribution in [0.5, 0.6) is 0 Å². The summed E-state index contributed by atoms with van der Waals surface area (Å²) in [6.45, 7) is 0. The molecule has 22 heavy (non-hydrogen) atoms. The van der Waals surface area contributed by atoms with Gasteiger partial charge in [0.2, 0.25) is 5.91 Å². The molecule has 0 spiro atoms. The molecule has 108 valence electrons. The predicted octanol–water partition coefficient (Wildman–Crippen LogP) is 3.44. The van der Waals surface area contributed by atoms with Crippen molar-refractivity contribution in [2.24, 2.45) is 0 Å².